The van der Waals surface area contributed by atoms with Crippen LogP contribution in [-0.2, 0) is 23.1 Å². The lowest BCUT2D eigenvalue weighted by atomic mass is 9.84. The number of likely N-dealkylation sites (tertiary alicyclic amines) is 1. The maximum atomic E-state index is 12.7. The minimum atomic E-state index is -4.41. The molecule has 4 nitrogen and oxygen atoms in total. The van der Waals surface area contributed by atoms with E-state index in [9.17, 15) is 23.1 Å². The molecule has 1 amide bonds. The summed E-state index contributed by atoms with van der Waals surface area (Å²) in [5.41, 5.74) is -0.700. The van der Waals surface area contributed by atoms with E-state index in [1.807, 2.05) is 30.3 Å². The summed E-state index contributed by atoms with van der Waals surface area (Å²) in [6.45, 7) is 0.704. The second-order valence-corrected chi connectivity index (χ2v) is 6.63. The van der Waals surface area contributed by atoms with E-state index in [-0.39, 0.29) is 32.5 Å². The topological polar surface area (TPSA) is 49.8 Å². The monoisotopic (exact) mass is 379 g/mol. The van der Waals surface area contributed by atoms with Crippen molar-refractivity contribution in [2.45, 2.75) is 31.2 Å². The van der Waals surface area contributed by atoms with Gasteiger partial charge in [0.2, 0.25) is 0 Å². The van der Waals surface area contributed by atoms with Crippen molar-refractivity contribution in [2.75, 3.05) is 13.1 Å². The van der Waals surface area contributed by atoms with Crippen LogP contribution >= 0.6 is 0 Å². The minimum absolute atomic E-state index is 0.166. The highest BCUT2D eigenvalue weighted by Gasteiger charge is 2.37. The Hall–Kier alpha value is -2.54. The Bertz CT molecular complexity index is 767. The molecule has 1 saturated heterocycles. The first-order chi connectivity index (χ1) is 12.8. The zero-order valence-corrected chi connectivity index (χ0v) is 14.6. The molecule has 27 heavy (non-hydrogen) atoms. The molecule has 0 spiro atoms. The zero-order valence-electron chi connectivity index (χ0n) is 14.6. The number of aliphatic hydroxyl groups is 1. The molecule has 1 aliphatic heterocycles. The Morgan fingerprint density at radius 2 is 1.63 bits per heavy atom. The largest absolute Gasteiger partial charge is 0.445 e. The molecule has 2 aromatic rings. The maximum absolute atomic E-state index is 12.7. The van der Waals surface area contributed by atoms with Crippen LogP contribution in [0.15, 0.2) is 54.6 Å². The molecule has 2 aromatic carbocycles. The van der Waals surface area contributed by atoms with E-state index < -0.39 is 23.4 Å². The van der Waals surface area contributed by atoms with Gasteiger partial charge in [-0.25, -0.2) is 4.79 Å². The Kier molecular flexibility index (Phi) is 5.41. The summed E-state index contributed by atoms with van der Waals surface area (Å²) in [6.07, 6.45) is -4.40. The van der Waals surface area contributed by atoms with E-state index >= 15 is 0 Å². The molecule has 0 aromatic heterocycles. The van der Waals surface area contributed by atoms with Crippen LogP contribution in [0.4, 0.5) is 18.0 Å². The number of hydrogen-bond acceptors (Lipinski definition) is 3. The molecule has 0 bridgehead atoms. The average Bonchev–Trinajstić information content (AvgIpc) is 2.67. The Morgan fingerprint density at radius 1 is 1.04 bits per heavy atom. The number of amides is 1. The first-order valence-electron chi connectivity index (χ1n) is 8.64. The van der Waals surface area contributed by atoms with Crippen molar-refractivity contribution in [3.05, 3.63) is 71.3 Å². The van der Waals surface area contributed by atoms with Crippen LogP contribution in [-0.4, -0.2) is 29.2 Å². The first-order valence-corrected chi connectivity index (χ1v) is 8.64. The van der Waals surface area contributed by atoms with Crippen molar-refractivity contribution in [2.24, 2.45) is 0 Å². The highest BCUT2D eigenvalue weighted by molar-refractivity contribution is 5.67. The van der Waals surface area contributed by atoms with E-state index in [2.05, 4.69) is 0 Å². The van der Waals surface area contributed by atoms with Gasteiger partial charge < -0.3 is 14.7 Å². The fraction of sp³-hybridized carbons (Fsp3) is 0.350. The standard InChI is InChI=1S/C20H20F3NO3/c21-20(22,23)17-8-6-16(7-9-17)19(26)10-12-24(13-11-19)18(25)27-14-15-4-2-1-3-5-15/h1-9,26H,10-14H2. The lowest BCUT2D eigenvalue weighted by Crippen LogP contribution is -2.45. The van der Waals surface area contributed by atoms with Crippen LogP contribution in [0.5, 0.6) is 0 Å². The second kappa shape index (κ2) is 7.60. The van der Waals surface area contributed by atoms with Crippen molar-refractivity contribution in [1.82, 2.24) is 4.90 Å². The summed E-state index contributed by atoms with van der Waals surface area (Å²) < 4.78 is 43.3. The van der Waals surface area contributed by atoms with Crippen LogP contribution < -0.4 is 0 Å². The molecule has 0 unspecified atom stereocenters. The summed E-state index contributed by atoms with van der Waals surface area (Å²) in [7, 11) is 0. The predicted molar refractivity (Wildman–Crippen MR) is 92.8 cm³/mol. The van der Waals surface area contributed by atoms with Crippen molar-refractivity contribution in [1.29, 1.82) is 0 Å². The molecule has 0 atom stereocenters. The third-order valence-electron chi connectivity index (χ3n) is 4.80. The molecule has 0 saturated carbocycles. The lowest BCUT2D eigenvalue weighted by molar-refractivity contribution is -0.137. The summed E-state index contributed by atoms with van der Waals surface area (Å²) >= 11 is 0. The van der Waals surface area contributed by atoms with E-state index in [1.165, 1.54) is 17.0 Å². The van der Waals surface area contributed by atoms with Gasteiger partial charge in [0, 0.05) is 13.1 Å². The number of rotatable bonds is 3. The van der Waals surface area contributed by atoms with Gasteiger partial charge in [-0.1, -0.05) is 42.5 Å². The Labute approximate surface area is 155 Å². The second-order valence-electron chi connectivity index (χ2n) is 6.63. The lowest BCUT2D eigenvalue weighted by Gasteiger charge is -2.38. The van der Waals surface area contributed by atoms with Gasteiger partial charge in [-0.3, -0.25) is 0 Å². The van der Waals surface area contributed by atoms with Crippen LogP contribution in [0.3, 0.4) is 0 Å². The van der Waals surface area contributed by atoms with Crippen LogP contribution in [0.25, 0.3) is 0 Å². The molecular formula is C20H20F3NO3. The molecule has 1 fully saturated rings. The molecule has 1 N–H and O–H groups in total. The molecule has 144 valence electrons. The number of alkyl halides is 3. The summed E-state index contributed by atoms with van der Waals surface area (Å²) in [4.78, 5) is 13.7. The van der Waals surface area contributed by atoms with Crippen LogP contribution in [0, 0.1) is 0 Å². The SMILES string of the molecule is O=C(OCc1ccccc1)N1CCC(O)(c2ccc(C(F)(F)F)cc2)CC1. The molecular weight excluding hydrogens is 359 g/mol. The fourth-order valence-corrected chi connectivity index (χ4v) is 3.13. The quantitative estimate of drug-likeness (QED) is 0.864. The summed E-state index contributed by atoms with van der Waals surface area (Å²) in [5.74, 6) is 0. The van der Waals surface area contributed by atoms with E-state index in [1.54, 1.807) is 0 Å². The Morgan fingerprint density at radius 3 is 2.19 bits per heavy atom. The number of carbonyl (C=O) groups excluding carboxylic acids is 1. The third kappa shape index (κ3) is 4.60. The highest BCUT2D eigenvalue weighted by Crippen LogP contribution is 2.35. The highest BCUT2D eigenvalue weighted by atomic mass is 19.4. The number of piperidine rings is 1. The van der Waals surface area contributed by atoms with E-state index in [0.717, 1.165) is 17.7 Å². The van der Waals surface area contributed by atoms with Gasteiger partial charge in [-0.05, 0) is 36.1 Å². The molecule has 7 heteroatoms. The van der Waals surface area contributed by atoms with E-state index in [4.69, 9.17) is 4.74 Å². The molecule has 1 heterocycles. The molecule has 3 rings (SSSR count). The number of carbonyl (C=O) groups is 1. The Balaban J connectivity index is 1.56. The normalized spacial score (nSPS) is 16.8. The van der Waals surface area contributed by atoms with Gasteiger partial charge in [-0.15, -0.1) is 0 Å². The average molecular weight is 379 g/mol. The van der Waals surface area contributed by atoms with E-state index in [0.29, 0.717) is 5.56 Å². The summed E-state index contributed by atoms with van der Waals surface area (Å²) in [6, 6.07) is 13.8. The van der Waals surface area contributed by atoms with Gasteiger partial charge in [0.1, 0.15) is 6.61 Å². The van der Waals surface area contributed by atoms with Crippen molar-refractivity contribution < 1.29 is 27.8 Å². The third-order valence-corrected chi connectivity index (χ3v) is 4.80. The number of hydrogen-bond donors (Lipinski definition) is 1. The fourth-order valence-electron chi connectivity index (χ4n) is 3.13. The number of ether oxygens (including phenoxy) is 1. The predicted octanol–water partition coefficient (Wildman–Crippen LogP) is 4.33. The maximum Gasteiger partial charge on any atom is 0.416 e. The summed E-state index contributed by atoms with van der Waals surface area (Å²) in [5, 5.41) is 10.8. The van der Waals surface area contributed by atoms with Crippen LogP contribution in [0.2, 0.25) is 0 Å². The molecule has 1 aliphatic rings. The van der Waals surface area contributed by atoms with Crippen molar-refractivity contribution >= 4 is 6.09 Å². The number of benzene rings is 2. The van der Waals surface area contributed by atoms with Gasteiger partial charge >= 0.3 is 12.3 Å². The number of halogens is 3. The van der Waals surface area contributed by atoms with Crippen LogP contribution in [0.1, 0.15) is 29.5 Å². The van der Waals surface area contributed by atoms with Gasteiger partial charge in [0.05, 0.1) is 11.2 Å². The van der Waals surface area contributed by atoms with Crippen molar-refractivity contribution in [3.63, 3.8) is 0 Å². The number of nitrogens with zero attached hydrogens (tertiary/aromatic N) is 1. The molecule has 0 radical (unpaired) electrons. The van der Waals surface area contributed by atoms with Gasteiger partial charge in [0.15, 0.2) is 0 Å². The van der Waals surface area contributed by atoms with Crippen molar-refractivity contribution in [3.8, 4) is 0 Å². The molecule has 0 aliphatic carbocycles. The van der Waals surface area contributed by atoms with Gasteiger partial charge in [0.25, 0.3) is 0 Å². The first kappa shape index (κ1) is 19.2. The minimum Gasteiger partial charge on any atom is -0.445 e. The van der Waals surface area contributed by atoms with Gasteiger partial charge in [-0.2, -0.15) is 13.2 Å². The zero-order chi connectivity index (χ0) is 19.5. The smallest absolute Gasteiger partial charge is 0.416 e.